The monoisotopic (exact) mass is 330 g/mol. The summed E-state index contributed by atoms with van der Waals surface area (Å²) in [5, 5.41) is 4.51. The second-order valence-corrected chi connectivity index (χ2v) is 6.61. The van der Waals surface area contributed by atoms with Crippen molar-refractivity contribution < 1.29 is 0 Å². The van der Waals surface area contributed by atoms with E-state index < -0.39 is 0 Å². The molecular weight excluding hydrogens is 308 g/mol. The molecule has 1 N–H and O–H groups in total. The Morgan fingerprint density at radius 2 is 1.96 bits per heavy atom. The first-order valence-electron chi connectivity index (χ1n) is 8.23. The molecule has 1 atom stereocenters. The number of rotatable bonds is 5. The zero-order chi connectivity index (χ0) is 16.1. The molecule has 1 aliphatic rings. The third-order valence-corrected chi connectivity index (χ3v) is 4.70. The van der Waals surface area contributed by atoms with Gasteiger partial charge in [0, 0.05) is 43.1 Å². The summed E-state index contributed by atoms with van der Waals surface area (Å²) in [6.45, 7) is 5.24. The summed E-state index contributed by atoms with van der Waals surface area (Å²) in [7, 11) is 0. The van der Waals surface area contributed by atoms with Gasteiger partial charge in [-0.3, -0.25) is 0 Å². The minimum atomic E-state index is 0.462. The number of nitrogens with zero attached hydrogens (tertiary/aromatic N) is 3. The maximum absolute atomic E-state index is 6.07. The van der Waals surface area contributed by atoms with Crippen LogP contribution in [-0.4, -0.2) is 35.6 Å². The molecule has 4 nitrogen and oxygen atoms in total. The number of piperidine rings is 1. The highest BCUT2D eigenvalue weighted by Gasteiger charge is 2.21. The molecule has 1 aromatic carbocycles. The lowest BCUT2D eigenvalue weighted by molar-refractivity contribution is 0.404. The fourth-order valence-electron chi connectivity index (χ4n) is 3.01. The smallest absolute Gasteiger partial charge is 0.225 e. The van der Waals surface area contributed by atoms with Gasteiger partial charge in [-0.15, -0.1) is 0 Å². The Morgan fingerprint density at radius 1 is 1.22 bits per heavy atom. The summed E-state index contributed by atoms with van der Waals surface area (Å²) in [6, 6.07) is 10.6. The molecule has 2 aromatic rings. The van der Waals surface area contributed by atoms with Gasteiger partial charge in [0.2, 0.25) is 5.95 Å². The quantitative estimate of drug-likeness (QED) is 0.911. The van der Waals surface area contributed by atoms with Gasteiger partial charge in [0.05, 0.1) is 0 Å². The SMILES string of the molecule is CC(CNC1CCN(c2ncccn2)CC1)c1cccc(Cl)c1. The Hall–Kier alpha value is -1.65. The lowest BCUT2D eigenvalue weighted by Gasteiger charge is -2.33. The highest BCUT2D eigenvalue weighted by atomic mass is 35.5. The Morgan fingerprint density at radius 3 is 2.65 bits per heavy atom. The van der Waals surface area contributed by atoms with Crippen molar-refractivity contribution in [3.8, 4) is 0 Å². The van der Waals surface area contributed by atoms with Gasteiger partial charge in [-0.25, -0.2) is 9.97 Å². The molecule has 0 spiro atoms. The third kappa shape index (κ3) is 4.43. The van der Waals surface area contributed by atoms with Crippen LogP contribution in [-0.2, 0) is 0 Å². The fraction of sp³-hybridized carbons (Fsp3) is 0.444. The van der Waals surface area contributed by atoms with E-state index in [2.05, 4.69) is 39.2 Å². The van der Waals surface area contributed by atoms with Gasteiger partial charge >= 0.3 is 0 Å². The molecule has 1 saturated heterocycles. The summed E-state index contributed by atoms with van der Waals surface area (Å²) >= 11 is 6.07. The minimum absolute atomic E-state index is 0.462. The average Bonchev–Trinajstić information content (AvgIpc) is 2.61. The van der Waals surface area contributed by atoms with Crippen LogP contribution in [0.5, 0.6) is 0 Å². The Labute approximate surface area is 142 Å². The van der Waals surface area contributed by atoms with Crippen LogP contribution in [0.4, 0.5) is 5.95 Å². The van der Waals surface area contributed by atoms with E-state index in [1.165, 1.54) is 5.56 Å². The maximum atomic E-state index is 6.07. The van der Waals surface area contributed by atoms with Crippen molar-refractivity contribution in [3.63, 3.8) is 0 Å². The summed E-state index contributed by atoms with van der Waals surface area (Å²) in [5.41, 5.74) is 1.29. The van der Waals surface area contributed by atoms with Crippen molar-refractivity contribution >= 4 is 17.5 Å². The topological polar surface area (TPSA) is 41.0 Å². The molecular formula is C18H23ClN4. The fourth-order valence-corrected chi connectivity index (χ4v) is 3.21. The summed E-state index contributed by atoms with van der Waals surface area (Å²) in [6.07, 6.45) is 5.86. The molecule has 23 heavy (non-hydrogen) atoms. The normalized spacial score (nSPS) is 17.2. The molecule has 0 aliphatic carbocycles. The van der Waals surface area contributed by atoms with Gasteiger partial charge in [0.1, 0.15) is 0 Å². The number of nitrogens with one attached hydrogen (secondary N) is 1. The Kier molecular flexibility index (Phi) is 5.47. The van der Waals surface area contributed by atoms with E-state index in [1.807, 2.05) is 18.2 Å². The van der Waals surface area contributed by atoms with Gasteiger partial charge in [-0.2, -0.15) is 0 Å². The Bertz CT molecular complexity index is 611. The van der Waals surface area contributed by atoms with Crippen LogP contribution in [0.1, 0.15) is 31.2 Å². The number of halogens is 1. The second kappa shape index (κ2) is 7.75. The van der Waals surface area contributed by atoms with E-state index in [4.69, 9.17) is 11.6 Å². The molecule has 1 aliphatic heterocycles. The maximum Gasteiger partial charge on any atom is 0.225 e. The van der Waals surface area contributed by atoms with Crippen LogP contribution in [0, 0.1) is 0 Å². The minimum Gasteiger partial charge on any atom is -0.341 e. The standard InChI is InChI=1S/C18H23ClN4/c1-14(15-4-2-5-16(19)12-15)13-22-17-6-10-23(11-7-17)18-20-8-3-9-21-18/h2-5,8-9,12,14,17,22H,6-7,10-11,13H2,1H3. The van der Waals surface area contributed by atoms with Gasteiger partial charge in [0.15, 0.2) is 0 Å². The lowest BCUT2D eigenvalue weighted by Crippen LogP contribution is -2.44. The molecule has 3 rings (SSSR count). The van der Waals surface area contributed by atoms with Crippen molar-refractivity contribution in [2.24, 2.45) is 0 Å². The molecule has 0 radical (unpaired) electrons. The van der Waals surface area contributed by atoms with Crippen molar-refractivity contribution in [1.29, 1.82) is 0 Å². The summed E-state index contributed by atoms with van der Waals surface area (Å²) in [5.74, 6) is 1.31. The van der Waals surface area contributed by atoms with Crippen LogP contribution >= 0.6 is 11.6 Å². The van der Waals surface area contributed by atoms with E-state index in [1.54, 1.807) is 12.4 Å². The number of anilines is 1. The second-order valence-electron chi connectivity index (χ2n) is 6.17. The number of aromatic nitrogens is 2. The van der Waals surface area contributed by atoms with Crippen LogP contribution < -0.4 is 10.2 Å². The molecule has 1 aromatic heterocycles. The molecule has 0 bridgehead atoms. The van der Waals surface area contributed by atoms with E-state index in [9.17, 15) is 0 Å². The predicted molar refractivity (Wildman–Crippen MR) is 95.1 cm³/mol. The van der Waals surface area contributed by atoms with E-state index in [-0.39, 0.29) is 0 Å². The number of hydrogen-bond acceptors (Lipinski definition) is 4. The average molecular weight is 331 g/mol. The first kappa shape index (κ1) is 16.2. The van der Waals surface area contributed by atoms with Crippen molar-refractivity contribution in [2.45, 2.75) is 31.7 Å². The van der Waals surface area contributed by atoms with Crippen LogP contribution in [0.2, 0.25) is 5.02 Å². The molecule has 1 fully saturated rings. The Balaban J connectivity index is 1.46. The van der Waals surface area contributed by atoms with E-state index >= 15 is 0 Å². The van der Waals surface area contributed by atoms with E-state index in [0.717, 1.165) is 43.4 Å². The largest absolute Gasteiger partial charge is 0.341 e. The van der Waals surface area contributed by atoms with Gasteiger partial charge < -0.3 is 10.2 Å². The molecule has 0 amide bonds. The highest BCUT2D eigenvalue weighted by Crippen LogP contribution is 2.20. The summed E-state index contributed by atoms with van der Waals surface area (Å²) < 4.78 is 0. The zero-order valence-electron chi connectivity index (χ0n) is 13.5. The molecule has 2 heterocycles. The number of benzene rings is 1. The van der Waals surface area contributed by atoms with Crippen LogP contribution in [0.25, 0.3) is 0 Å². The van der Waals surface area contributed by atoms with Crippen molar-refractivity contribution in [3.05, 3.63) is 53.3 Å². The third-order valence-electron chi connectivity index (χ3n) is 4.46. The first-order valence-corrected chi connectivity index (χ1v) is 8.61. The van der Waals surface area contributed by atoms with E-state index in [0.29, 0.717) is 12.0 Å². The molecule has 0 saturated carbocycles. The lowest BCUT2D eigenvalue weighted by atomic mass is 9.99. The van der Waals surface area contributed by atoms with Gasteiger partial charge in [-0.05, 0) is 42.5 Å². The van der Waals surface area contributed by atoms with Crippen LogP contribution in [0.15, 0.2) is 42.7 Å². The number of hydrogen-bond donors (Lipinski definition) is 1. The van der Waals surface area contributed by atoms with Crippen molar-refractivity contribution in [2.75, 3.05) is 24.5 Å². The highest BCUT2D eigenvalue weighted by molar-refractivity contribution is 6.30. The predicted octanol–water partition coefficient (Wildman–Crippen LogP) is 3.49. The zero-order valence-corrected chi connectivity index (χ0v) is 14.2. The first-order chi connectivity index (χ1) is 11.2. The van der Waals surface area contributed by atoms with Crippen LogP contribution in [0.3, 0.4) is 0 Å². The van der Waals surface area contributed by atoms with Gasteiger partial charge in [-0.1, -0.05) is 30.7 Å². The molecule has 122 valence electrons. The molecule has 5 heteroatoms. The van der Waals surface area contributed by atoms with Crippen molar-refractivity contribution in [1.82, 2.24) is 15.3 Å². The molecule has 1 unspecified atom stereocenters. The van der Waals surface area contributed by atoms with Gasteiger partial charge in [0.25, 0.3) is 0 Å². The summed E-state index contributed by atoms with van der Waals surface area (Å²) in [4.78, 5) is 10.9.